The molecule has 7 nitrogen and oxygen atoms in total. The number of nitrogens with one attached hydrogen (secondary N) is 1. The molecule has 1 aliphatic heterocycles. The SMILES string of the molecule is O=C(CSc1ccc(S(=O)(=O)N2CCOCC2)cn1)NCCc1ccc(F)cc1. The minimum absolute atomic E-state index is 0.132. The zero-order valence-electron chi connectivity index (χ0n) is 15.7. The molecule has 2 aromatic rings. The zero-order valence-corrected chi connectivity index (χ0v) is 17.3. The number of sulfonamides is 1. The summed E-state index contributed by atoms with van der Waals surface area (Å²) in [6.45, 7) is 1.89. The Kier molecular flexibility index (Phi) is 7.59. The number of benzene rings is 1. The number of carbonyl (C=O) groups is 1. The van der Waals surface area contributed by atoms with Crippen molar-refractivity contribution in [2.75, 3.05) is 38.6 Å². The van der Waals surface area contributed by atoms with Gasteiger partial charge in [-0.05, 0) is 36.2 Å². The molecule has 0 radical (unpaired) electrons. The van der Waals surface area contributed by atoms with Gasteiger partial charge in [-0.3, -0.25) is 4.79 Å². The number of hydrogen-bond donors (Lipinski definition) is 1. The van der Waals surface area contributed by atoms with Crippen molar-refractivity contribution >= 4 is 27.7 Å². The van der Waals surface area contributed by atoms with Crippen molar-refractivity contribution in [3.63, 3.8) is 0 Å². The number of carbonyl (C=O) groups excluding carboxylic acids is 1. The van der Waals surface area contributed by atoms with Crippen LogP contribution in [0.25, 0.3) is 0 Å². The lowest BCUT2D eigenvalue weighted by molar-refractivity contribution is -0.118. The lowest BCUT2D eigenvalue weighted by Gasteiger charge is -2.25. The maximum absolute atomic E-state index is 12.9. The molecule has 10 heteroatoms. The highest BCUT2D eigenvalue weighted by molar-refractivity contribution is 7.99. The molecule has 1 aromatic heterocycles. The van der Waals surface area contributed by atoms with Crippen LogP contribution in [0.1, 0.15) is 5.56 Å². The van der Waals surface area contributed by atoms with Gasteiger partial charge in [-0.15, -0.1) is 0 Å². The van der Waals surface area contributed by atoms with E-state index in [-0.39, 0.29) is 22.4 Å². The Bertz CT molecular complexity index is 915. The first kappa shape index (κ1) is 21.7. The van der Waals surface area contributed by atoms with E-state index in [1.54, 1.807) is 18.2 Å². The van der Waals surface area contributed by atoms with E-state index in [4.69, 9.17) is 4.74 Å². The van der Waals surface area contributed by atoms with Crippen LogP contribution in [-0.4, -0.2) is 62.2 Å². The summed E-state index contributed by atoms with van der Waals surface area (Å²) in [5, 5.41) is 3.37. The first-order valence-electron chi connectivity index (χ1n) is 9.13. The van der Waals surface area contributed by atoms with Crippen molar-refractivity contribution in [2.24, 2.45) is 0 Å². The molecule has 29 heavy (non-hydrogen) atoms. The van der Waals surface area contributed by atoms with E-state index < -0.39 is 10.0 Å². The Morgan fingerprint density at radius 1 is 1.17 bits per heavy atom. The van der Waals surface area contributed by atoms with Crippen molar-refractivity contribution < 1.29 is 22.3 Å². The normalized spacial score (nSPS) is 15.2. The second kappa shape index (κ2) is 10.1. The molecule has 1 aliphatic rings. The Balaban J connectivity index is 1.44. The molecule has 156 valence electrons. The number of hydrogen-bond acceptors (Lipinski definition) is 6. The number of amides is 1. The summed E-state index contributed by atoms with van der Waals surface area (Å²) < 4.78 is 44.5. The summed E-state index contributed by atoms with van der Waals surface area (Å²) in [5.74, 6) is -0.263. The predicted octanol–water partition coefficient (Wildman–Crippen LogP) is 1.69. The van der Waals surface area contributed by atoms with Crippen LogP contribution in [0.4, 0.5) is 4.39 Å². The molecule has 1 saturated heterocycles. The van der Waals surface area contributed by atoms with Crippen LogP contribution in [-0.2, 0) is 26.0 Å². The molecule has 1 aromatic carbocycles. The summed E-state index contributed by atoms with van der Waals surface area (Å²) in [7, 11) is -3.57. The summed E-state index contributed by atoms with van der Waals surface area (Å²) in [6, 6.07) is 9.26. The number of aromatic nitrogens is 1. The van der Waals surface area contributed by atoms with Gasteiger partial charge in [0.05, 0.1) is 24.0 Å². The van der Waals surface area contributed by atoms with Crippen LogP contribution >= 0.6 is 11.8 Å². The van der Waals surface area contributed by atoms with E-state index in [0.29, 0.717) is 44.3 Å². The van der Waals surface area contributed by atoms with E-state index in [0.717, 1.165) is 5.56 Å². The smallest absolute Gasteiger partial charge is 0.244 e. The maximum Gasteiger partial charge on any atom is 0.244 e. The highest BCUT2D eigenvalue weighted by Gasteiger charge is 2.26. The second-order valence-corrected chi connectivity index (χ2v) is 9.30. The third-order valence-electron chi connectivity index (χ3n) is 4.32. The van der Waals surface area contributed by atoms with Crippen LogP contribution in [0.2, 0.25) is 0 Å². The fourth-order valence-electron chi connectivity index (χ4n) is 2.73. The Morgan fingerprint density at radius 3 is 2.55 bits per heavy atom. The summed E-state index contributed by atoms with van der Waals surface area (Å²) in [4.78, 5) is 16.2. The topological polar surface area (TPSA) is 88.6 Å². The first-order valence-corrected chi connectivity index (χ1v) is 11.6. The van der Waals surface area contributed by atoms with Gasteiger partial charge in [0.25, 0.3) is 0 Å². The van der Waals surface area contributed by atoms with Crippen LogP contribution in [0.15, 0.2) is 52.5 Å². The number of ether oxygens (including phenoxy) is 1. The molecule has 0 bridgehead atoms. The minimum atomic E-state index is -3.57. The molecule has 0 aliphatic carbocycles. The van der Waals surface area contributed by atoms with E-state index >= 15 is 0 Å². The quantitative estimate of drug-likeness (QED) is 0.630. The van der Waals surface area contributed by atoms with E-state index in [1.165, 1.54) is 40.5 Å². The molecule has 1 fully saturated rings. The van der Waals surface area contributed by atoms with Gasteiger partial charge in [0.2, 0.25) is 15.9 Å². The van der Waals surface area contributed by atoms with Gasteiger partial charge < -0.3 is 10.1 Å². The monoisotopic (exact) mass is 439 g/mol. The molecule has 1 amide bonds. The largest absolute Gasteiger partial charge is 0.379 e. The lowest BCUT2D eigenvalue weighted by Crippen LogP contribution is -2.40. The van der Waals surface area contributed by atoms with Crippen LogP contribution in [0, 0.1) is 5.82 Å². The summed E-state index contributed by atoms with van der Waals surface area (Å²) in [5.41, 5.74) is 0.943. The summed E-state index contributed by atoms with van der Waals surface area (Å²) in [6.07, 6.45) is 1.93. The third-order valence-corrected chi connectivity index (χ3v) is 7.14. The van der Waals surface area contributed by atoms with Crippen LogP contribution in [0.3, 0.4) is 0 Å². The Labute approximate surface area is 173 Å². The van der Waals surface area contributed by atoms with Gasteiger partial charge in [0.15, 0.2) is 0 Å². The van der Waals surface area contributed by atoms with Gasteiger partial charge >= 0.3 is 0 Å². The van der Waals surface area contributed by atoms with E-state index in [1.807, 2.05) is 0 Å². The number of pyridine rings is 1. The van der Waals surface area contributed by atoms with E-state index in [9.17, 15) is 17.6 Å². The molecule has 1 N–H and O–H groups in total. The number of halogens is 1. The standard InChI is InChI=1S/C19H22FN3O4S2/c20-16-3-1-15(2-4-16)7-8-21-18(24)14-28-19-6-5-17(13-22-19)29(25,26)23-9-11-27-12-10-23/h1-6,13H,7-12,14H2,(H,21,24). The van der Waals surface area contributed by atoms with Gasteiger partial charge in [-0.25, -0.2) is 17.8 Å². The van der Waals surface area contributed by atoms with E-state index in [2.05, 4.69) is 10.3 Å². The van der Waals surface area contributed by atoms with Gasteiger partial charge in [-0.2, -0.15) is 4.31 Å². The van der Waals surface area contributed by atoms with Crippen LogP contribution < -0.4 is 5.32 Å². The van der Waals surface area contributed by atoms with Crippen LogP contribution in [0.5, 0.6) is 0 Å². The molecular formula is C19H22FN3O4S2. The molecule has 3 rings (SSSR count). The average Bonchev–Trinajstić information content (AvgIpc) is 2.74. The molecule has 0 unspecified atom stereocenters. The predicted molar refractivity (Wildman–Crippen MR) is 108 cm³/mol. The third kappa shape index (κ3) is 6.23. The highest BCUT2D eigenvalue weighted by Crippen LogP contribution is 2.20. The molecule has 0 spiro atoms. The fourth-order valence-corrected chi connectivity index (χ4v) is 4.75. The molecule has 2 heterocycles. The van der Waals surface area contributed by atoms with Crippen molar-refractivity contribution in [1.82, 2.24) is 14.6 Å². The van der Waals surface area contributed by atoms with Crippen molar-refractivity contribution in [3.05, 3.63) is 54.0 Å². The average molecular weight is 440 g/mol. The van der Waals surface area contributed by atoms with Gasteiger partial charge in [-0.1, -0.05) is 23.9 Å². The highest BCUT2D eigenvalue weighted by atomic mass is 32.2. The fraction of sp³-hybridized carbons (Fsp3) is 0.368. The summed E-state index contributed by atoms with van der Waals surface area (Å²) >= 11 is 1.23. The minimum Gasteiger partial charge on any atom is -0.379 e. The number of thioether (sulfide) groups is 1. The number of nitrogens with zero attached hydrogens (tertiary/aromatic N) is 2. The number of morpholine rings is 1. The molecular weight excluding hydrogens is 417 g/mol. The zero-order chi connectivity index (χ0) is 20.7. The van der Waals surface area contributed by atoms with Crippen molar-refractivity contribution in [2.45, 2.75) is 16.3 Å². The Hall–Kier alpha value is -2.01. The molecule has 0 atom stereocenters. The first-order chi connectivity index (χ1) is 13.9. The second-order valence-electron chi connectivity index (χ2n) is 6.36. The lowest BCUT2D eigenvalue weighted by atomic mass is 10.1. The Morgan fingerprint density at radius 2 is 1.90 bits per heavy atom. The van der Waals surface area contributed by atoms with Gasteiger partial charge in [0.1, 0.15) is 10.7 Å². The van der Waals surface area contributed by atoms with Gasteiger partial charge in [0, 0.05) is 25.8 Å². The number of rotatable bonds is 8. The van der Waals surface area contributed by atoms with Crippen molar-refractivity contribution in [3.8, 4) is 0 Å². The van der Waals surface area contributed by atoms with Crippen molar-refractivity contribution in [1.29, 1.82) is 0 Å². The maximum atomic E-state index is 12.9. The molecule has 0 saturated carbocycles.